The molecular formula is C11H16N2. The van der Waals surface area contributed by atoms with E-state index in [1.165, 1.54) is 5.57 Å². The number of imidazole rings is 1. The van der Waals surface area contributed by atoms with Crippen LogP contribution in [-0.2, 0) is 0 Å². The molecular weight excluding hydrogens is 160 g/mol. The first kappa shape index (κ1) is 9.78. The number of aryl methyl sites for hydroxylation is 1. The van der Waals surface area contributed by atoms with Crippen molar-refractivity contribution in [2.45, 2.75) is 20.8 Å². The zero-order valence-electron chi connectivity index (χ0n) is 8.49. The maximum atomic E-state index is 4.15. The molecule has 2 heteroatoms. The number of nitrogens with zero attached hydrogens (tertiary/aromatic N) is 2. The van der Waals surface area contributed by atoms with Crippen LogP contribution in [0.1, 0.15) is 19.7 Å². The average molecular weight is 176 g/mol. The summed E-state index contributed by atoms with van der Waals surface area (Å²) in [5.74, 6) is 1.50. The molecule has 70 valence electrons. The van der Waals surface area contributed by atoms with E-state index >= 15 is 0 Å². The molecule has 13 heavy (non-hydrogen) atoms. The quantitative estimate of drug-likeness (QED) is 0.647. The lowest BCUT2D eigenvalue weighted by molar-refractivity contribution is 0.791. The average Bonchev–Trinajstić information content (AvgIpc) is 2.46. The summed E-state index contributed by atoms with van der Waals surface area (Å²) >= 11 is 0. The number of hydrogen-bond acceptors (Lipinski definition) is 1. The third-order valence-corrected chi connectivity index (χ3v) is 2.05. The largest absolute Gasteiger partial charge is 0.311 e. The lowest BCUT2D eigenvalue weighted by Gasteiger charge is -2.06. The molecule has 1 heterocycles. The third kappa shape index (κ3) is 2.31. The van der Waals surface area contributed by atoms with Gasteiger partial charge in [0.15, 0.2) is 0 Å². The van der Waals surface area contributed by atoms with Crippen LogP contribution in [0, 0.1) is 12.8 Å². The summed E-state index contributed by atoms with van der Waals surface area (Å²) in [6.07, 6.45) is 7.71. The fraction of sp³-hybridized carbons (Fsp3) is 0.364. The Balaban J connectivity index is 2.98. The molecule has 1 aromatic heterocycles. The molecule has 0 spiro atoms. The van der Waals surface area contributed by atoms with Crippen molar-refractivity contribution in [1.29, 1.82) is 0 Å². The van der Waals surface area contributed by atoms with E-state index in [4.69, 9.17) is 0 Å². The van der Waals surface area contributed by atoms with Crippen molar-refractivity contribution in [3.8, 4) is 0 Å². The highest BCUT2D eigenvalue weighted by molar-refractivity contribution is 5.39. The highest BCUT2D eigenvalue weighted by Gasteiger charge is 1.99. The summed E-state index contributed by atoms with van der Waals surface area (Å²) in [6.45, 7) is 10.1. The smallest absolute Gasteiger partial charge is 0.109 e. The van der Waals surface area contributed by atoms with Crippen LogP contribution in [0.3, 0.4) is 0 Å². The molecule has 1 aromatic rings. The SMILES string of the molecule is C=C/C(=C\n1ccnc1C)C(C)C. The normalized spacial score (nSPS) is 12.2. The Labute approximate surface area is 79.6 Å². The summed E-state index contributed by atoms with van der Waals surface area (Å²) in [4.78, 5) is 4.15. The minimum Gasteiger partial charge on any atom is -0.311 e. The van der Waals surface area contributed by atoms with Crippen LogP contribution in [0.2, 0.25) is 0 Å². The van der Waals surface area contributed by atoms with Gasteiger partial charge in [-0.25, -0.2) is 4.98 Å². The van der Waals surface area contributed by atoms with Crippen molar-refractivity contribution in [3.05, 3.63) is 36.4 Å². The monoisotopic (exact) mass is 176 g/mol. The van der Waals surface area contributed by atoms with Crippen LogP contribution >= 0.6 is 0 Å². The Morgan fingerprint density at radius 3 is 2.69 bits per heavy atom. The summed E-state index contributed by atoms with van der Waals surface area (Å²) in [5.41, 5.74) is 1.22. The van der Waals surface area contributed by atoms with Gasteiger partial charge >= 0.3 is 0 Å². The molecule has 0 aliphatic heterocycles. The van der Waals surface area contributed by atoms with Gasteiger partial charge < -0.3 is 4.57 Å². The molecule has 0 aliphatic rings. The Morgan fingerprint density at radius 2 is 2.31 bits per heavy atom. The van der Waals surface area contributed by atoms with Gasteiger partial charge in [-0.2, -0.15) is 0 Å². The lowest BCUT2D eigenvalue weighted by atomic mass is 10.1. The highest BCUT2D eigenvalue weighted by atomic mass is 15.0. The van der Waals surface area contributed by atoms with Crippen LogP contribution in [0.5, 0.6) is 0 Å². The van der Waals surface area contributed by atoms with Gasteiger partial charge in [-0.15, -0.1) is 0 Å². The van der Waals surface area contributed by atoms with Crippen molar-refractivity contribution >= 4 is 6.20 Å². The van der Waals surface area contributed by atoms with Gasteiger partial charge in [-0.05, 0) is 18.4 Å². The molecule has 0 aliphatic carbocycles. The van der Waals surface area contributed by atoms with E-state index in [9.17, 15) is 0 Å². The fourth-order valence-corrected chi connectivity index (χ4v) is 1.12. The second-order valence-electron chi connectivity index (χ2n) is 3.37. The zero-order valence-corrected chi connectivity index (χ0v) is 8.49. The molecule has 2 nitrogen and oxygen atoms in total. The van der Waals surface area contributed by atoms with Crippen LogP contribution in [0.4, 0.5) is 0 Å². The number of hydrogen-bond donors (Lipinski definition) is 0. The summed E-state index contributed by atoms with van der Waals surface area (Å²) in [5, 5.41) is 0. The molecule has 0 amide bonds. The number of rotatable bonds is 3. The zero-order chi connectivity index (χ0) is 9.84. The Kier molecular flexibility index (Phi) is 3.07. The van der Waals surface area contributed by atoms with Crippen molar-refractivity contribution in [3.63, 3.8) is 0 Å². The van der Waals surface area contributed by atoms with E-state index in [1.54, 1.807) is 6.20 Å². The molecule has 0 saturated heterocycles. The molecule has 0 radical (unpaired) electrons. The van der Waals surface area contributed by atoms with Crippen LogP contribution in [-0.4, -0.2) is 9.55 Å². The van der Waals surface area contributed by atoms with Crippen LogP contribution < -0.4 is 0 Å². The van der Waals surface area contributed by atoms with E-state index in [-0.39, 0.29) is 0 Å². The van der Waals surface area contributed by atoms with Gasteiger partial charge in [0.25, 0.3) is 0 Å². The van der Waals surface area contributed by atoms with Gasteiger partial charge in [-0.3, -0.25) is 0 Å². The molecule has 0 N–H and O–H groups in total. The van der Waals surface area contributed by atoms with E-state index < -0.39 is 0 Å². The van der Waals surface area contributed by atoms with Crippen molar-refractivity contribution in [2.75, 3.05) is 0 Å². The second kappa shape index (κ2) is 4.08. The van der Waals surface area contributed by atoms with E-state index in [2.05, 4.69) is 31.6 Å². The van der Waals surface area contributed by atoms with Gasteiger partial charge in [0, 0.05) is 18.6 Å². The van der Waals surface area contributed by atoms with E-state index in [1.807, 2.05) is 23.8 Å². The predicted octanol–water partition coefficient (Wildman–Crippen LogP) is 2.87. The van der Waals surface area contributed by atoms with Crippen molar-refractivity contribution < 1.29 is 0 Å². The standard InChI is InChI=1S/C11H16N2/c1-5-11(9(2)3)8-13-7-6-12-10(13)4/h5-9H,1H2,2-4H3/b11-8+. The third-order valence-electron chi connectivity index (χ3n) is 2.05. The maximum absolute atomic E-state index is 4.15. The first-order valence-electron chi connectivity index (χ1n) is 4.48. The maximum Gasteiger partial charge on any atom is 0.109 e. The lowest BCUT2D eigenvalue weighted by Crippen LogP contribution is -1.95. The van der Waals surface area contributed by atoms with Gasteiger partial charge in [0.05, 0.1) is 0 Å². The minimum absolute atomic E-state index is 0.499. The number of aromatic nitrogens is 2. The van der Waals surface area contributed by atoms with Crippen LogP contribution in [0.25, 0.3) is 6.20 Å². The van der Waals surface area contributed by atoms with Gasteiger partial charge in [-0.1, -0.05) is 26.5 Å². The molecule has 0 aromatic carbocycles. The fourth-order valence-electron chi connectivity index (χ4n) is 1.12. The Morgan fingerprint density at radius 1 is 1.62 bits per heavy atom. The van der Waals surface area contributed by atoms with Gasteiger partial charge in [0.2, 0.25) is 0 Å². The Bertz CT molecular complexity index is 319. The first-order chi connectivity index (χ1) is 6.15. The van der Waals surface area contributed by atoms with Crippen molar-refractivity contribution in [2.24, 2.45) is 5.92 Å². The second-order valence-corrected chi connectivity index (χ2v) is 3.37. The Hall–Kier alpha value is -1.31. The first-order valence-corrected chi connectivity index (χ1v) is 4.48. The van der Waals surface area contributed by atoms with Crippen LogP contribution in [0.15, 0.2) is 30.6 Å². The van der Waals surface area contributed by atoms with Crippen molar-refractivity contribution in [1.82, 2.24) is 9.55 Å². The minimum atomic E-state index is 0.499. The van der Waals surface area contributed by atoms with E-state index in [0.717, 1.165) is 5.82 Å². The summed E-state index contributed by atoms with van der Waals surface area (Å²) in [6, 6.07) is 0. The molecule has 0 unspecified atom stereocenters. The van der Waals surface area contributed by atoms with Gasteiger partial charge in [0.1, 0.15) is 5.82 Å². The summed E-state index contributed by atoms with van der Waals surface area (Å²) < 4.78 is 2.01. The molecule has 0 fully saturated rings. The highest BCUT2D eigenvalue weighted by Crippen LogP contribution is 2.12. The number of allylic oxidation sites excluding steroid dienone is 2. The summed E-state index contributed by atoms with van der Waals surface area (Å²) in [7, 11) is 0. The predicted molar refractivity (Wildman–Crippen MR) is 56.3 cm³/mol. The molecule has 0 saturated carbocycles. The van der Waals surface area contributed by atoms with E-state index in [0.29, 0.717) is 5.92 Å². The molecule has 0 bridgehead atoms. The molecule has 1 rings (SSSR count). The topological polar surface area (TPSA) is 17.8 Å². The molecule has 0 atom stereocenters.